The highest BCUT2D eigenvalue weighted by atomic mass is 17.0. The minimum absolute atomic E-state index is 0.144. The molecule has 0 aromatic rings. The second-order valence-electron chi connectivity index (χ2n) is 3.57. The molecule has 15 heavy (non-hydrogen) atoms. The SMILES string of the molecule is CCCC(C)(CO[N+](=O)[O-])CO[N+](=O)O. The molecule has 0 aliphatic rings. The molecule has 8 heteroatoms. The fourth-order valence-corrected chi connectivity index (χ4v) is 1.21. The normalized spacial score (nSPS) is 14.0. The summed E-state index contributed by atoms with van der Waals surface area (Å²) in [5.41, 5.74) is -0.673. The average Bonchev–Trinajstić information content (AvgIpc) is 2.13. The van der Waals surface area contributed by atoms with E-state index in [0.717, 1.165) is 6.42 Å². The van der Waals surface area contributed by atoms with Crippen molar-refractivity contribution in [3.63, 3.8) is 0 Å². The highest BCUT2D eigenvalue weighted by molar-refractivity contribution is 4.71. The van der Waals surface area contributed by atoms with E-state index in [4.69, 9.17) is 5.21 Å². The van der Waals surface area contributed by atoms with Crippen molar-refractivity contribution < 1.29 is 25.1 Å². The molecule has 1 atom stereocenters. The Morgan fingerprint density at radius 1 is 1.33 bits per heavy atom. The molecular formula is C7H15N2O6+. The lowest BCUT2D eigenvalue weighted by Crippen LogP contribution is -2.31. The number of nitrogens with zero attached hydrogens (tertiary/aromatic N) is 2. The van der Waals surface area contributed by atoms with Crippen molar-refractivity contribution in [3.05, 3.63) is 15.0 Å². The predicted octanol–water partition coefficient (Wildman–Crippen LogP) is 1.10. The Hall–Kier alpha value is -1.60. The van der Waals surface area contributed by atoms with Gasteiger partial charge in [0.2, 0.25) is 0 Å². The second-order valence-corrected chi connectivity index (χ2v) is 3.57. The Bertz CT molecular complexity index is 214. The molecule has 1 unspecified atom stereocenters. The van der Waals surface area contributed by atoms with Crippen molar-refractivity contribution in [1.82, 2.24) is 0 Å². The van der Waals surface area contributed by atoms with E-state index in [1.807, 2.05) is 6.92 Å². The summed E-state index contributed by atoms with van der Waals surface area (Å²) in [6.07, 6.45) is 1.33. The summed E-state index contributed by atoms with van der Waals surface area (Å²) in [7, 11) is 0. The molecule has 0 saturated heterocycles. The molecule has 8 nitrogen and oxygen atoms in total. The molecule has 0 aliphatic heterocycles. The van der Waals surface area contributed by atoms with E-state index in [1.54, 1.807) is 6.92 Å². The van der Waals surface area contributed by atoms with E-state index in [9.17, 15) is 15.0 Å². The van der Waals surface area contributed by atoms with Gasteiger partial charge in [-0.15, -0.1) is 10.1 Å². The maximum Gasteiger partial charge on any atom is 0.475 e. The molecular weight excluding hydrogens is 208 g/mol. The lowest BCUT2D eigenvalue weighted by Gasteiger charge is -2.23. The number of hydrogen-bond donors (Lipinski definition) is 1. The predicted molar refractivity (Wildman–Crippen MR) is 47.3 cm³/mol. The molecule has 0 rings (SSSR count). The fraction of sp³-hybridized carbons (Fsp3) is 1.00. The largest absolute Gasteiger partial charge is 0.475 e. The van der Waals surface area contributed by atoms with Gasteiger partial charge in [0.1, 0.15) is 11.5 Å². The molecule has 0 heterocycles. The van der Waals surface area contributed by atoms with Crippen LogP contribution >= 0.6 is 0 Å². The van der Waals surface area contributed by atoms with E-state index in [1.165, 1.54) is 0 Å². The summed E-state index contributed by atoms with van der Waals surface area (Å²) < 4.78 is 0. The number of rotatable bonds is 8. The van der Waals surface area contributed by atoms with Crippen LogP contribution in [0.2, 0.25) is 0 Å². The van der Waals surface area contributed by atoms with E-state index in [-0.39, 0.29) is 13.2 Å². The molecule has 0 aromatic heterocycles. The molecule has 0 bridgehead atoms. The van der Waals surface area contributed by atoms with Crippen molar-refractivity contribution >= 4 is 0 Å². The van der Waals surface area contributed by atoms with Gasteiger partial charge in [-0.3, -0.25) is 0 Å². The Morgan fingerprint density at radius 2 is 1.87 bits per heavy atom. The summed E-state index contributed by atoms with van der Waals surface area (Å²) in [6.45, 7) is 3.23. The molecule has 0 radical (unpaired) electrons. The van der Waals surface area contributed by atoms with Crippen LogP contribution in [0.15, 0.2) is 0 Å². The standard InChI is InChI=1S/C7H15N2O6/c1-3-4-7(2,5-14-8(10)11)6-15-9(12)13/h3-6H2,1-2H3,(H,10,11)/q+1. The van der Waals surface area contributed by atoms with Gasteiger partial charge in [0.25, 0.3) is 5.09 Å². The Morgan fingerprint density at radius 3 is 2.27 bits per heavy atom. The zero-order valence-corrected chi connectivity index (χ0v) is 8.71. The van der Waals surface area contributed by atoms with Crippen LogP contribution in [-0.2, 0) is 9.68 Å². The third kappa shape index (κ3) is 6.47. The van der Waals surface area contributed by atoms with Crippen molar-refractivity contribution in [2.75, 3.05) is 13.2 Å². The Kier molecular flexibility index (Phi) is 5.35. The first-order valence-electron chi connectivity index (χ1n) is 4.46. The van der Waals surface area contributed by atoms with Crippen molar-refractivity contribution in [2.24, 2.45) is 5.41 Å². The molecule has 0 aliphatic carbocycles. The molecule has 88 valence electrons. The summed E-state index contributed by atoms with van der Waals surface area (Å²) in [5.74, 6) is 0. The molecule has 1 N–H and O–H groups in total. The first-order chi connectivity index (χ1) is 6.89. The van der Waals surface area contributed by atoms with Crippen molar-refractivity contribution in [3.8, 4) is 0 Å². The quantitative estimate of drug-likeness (QED) is 0.488. The maximum absolute atomic E-state index is 10.1. The smallest absolute Gasteiger partial charge is 0.313 e. The van der Waals surface area contributed by atoms with Gasteiger partial charge in [0.05, 0.1) is 0 Å². The number of hydrogen-bond acceptors (Lipinski definition) is 5. The van der Waals surface area contributed by atoms with Crippen LogP contribution in [-0.4, -0.2) is 28.6 Å². The van der Waals surface area contributed by atoms with E-state index < -0.39 is 15.6 Å². The lowest BCUT2D eigenvalue weighted by molar-refractivity contribution is -0.977. The van der Waals surface area contributed by atoms with Gasteiger partial charge in [-0.05, 0) is 6.42 Å². The minimum Gasteiger partial charge on any atom is -0.313 e. The van der Waals surface area contributed by atoms with E-state index in [2.05, 4.69) is 9.68 Å². The zero-order valence-electron chi connectivity index (χ0n) is 8.71. The van der Waals surface area contributed by atoms with Gasteiger partial charge in [-0.1, -0.05) is 20.3 Å². The monoisotopic (exact) mass is 223 g/mol. The molecule has 0 fully saturated rings. The van der Waals surface area contributed by atoms with Crippen molar-refractivity contribution in [1.29, 1.82) is 0 Å². The van der Waals surface area contributed by atoms with Crippen LogP contribution in [0.4, 0.5) is 0 Å². The van der Waals surface area contributed by atoms with Gasteiger partial charge >= 0.3 is 5.09 Å². The van der Waals surface area contributed by atoms with Crippen LogP contribution in [0.25, 0.3) is 0 Å². The van der Waals surface area contributed by atoms with E-state index in [0.29, 0.717) is 6.42 Å². The molecule has 0 amide bonds. The summed E-state index contributed by atoms with van der Waals surface area (Å²) in [6, 6.07) is 0. The summed E-state index contributed by atoms with van der Waals surface area (Å²) in [4.78, 5) is 28.7. The molecule has 0 saturated carbocycles. The van der Waals surface area contributed by atoms with Crippen molar-refractivity contribution in [2.45, 2.75) is 26.7 Å². The lowest BCUT2D eigenvalue weighted by atomic mass is 9.88. The minimum atomic E-state index is -0.901. The first kappa shape index (κ1) is 13.4. The maximum atomic E-state index is 10.1. The summed E-state index contributed by atoms with van der Waals surface area (Å²) in [5, 5.41) is 16.7. The van der Waals surface area contributed by atoms with Gasteiger partial charge < -0.3 is 4.84 Å². The van der Waals surface area contributed by atoms with E-state index >= 15 is 0 Å². The third-order valence-electron chi connectivity index (χ3n) is 1.90. The van der Waals surface area contributed by atoms with Crippen LogP contribution in [0, 0.1) is 20.4 Å². The Balaban J connectivity index is 4.17. The van der Waals surface area contributed by atoms with Crippen LogP contribution in [0.1, 0.15) is 26.7 Å². The Labute approximate surface area is 86.4 Å². The van der Waals surface area contributed by atoms with Gasteiger partial charge in [0, 0.05) is 5.41 Å². The third-order valence-corrected chi connectivity index (χ3v) is 1.90. The topological polar surface area (TPSA) is 102 Å². The highest BCUT2D eigenvalue weighted by Crippen LogP contribution is 2.24. The fourth-order valence-electron chi connectivity index (χ4n) is 1.21. The second kappa shape index (κ2) is 5.99. The van der Waals surface area contributed by atoms with Gasteiger partial charge in [-0.25, -0.2) is 5.21 Å². The van der Waals surface area contributed by atoms with Gasteiger partial charge in [-0.2, -0.15) is 4.84 Å². The average molecular weight is 223 g/mol. The van der Waals surface area contributed by atoms with Crippen LogP contribution in [0.5, 0.6) is 0 Å². The molecule has 0 spiro atoms. The summed E-state index contributed by atoms with van der Waals surface area (Å²) >= 11 is 0. The zero-order chi connectivity index (χ0) is 11.9. The molecule has 0 aromatic carbocycles. The van der Waals surface area contributed by atoms with Crippen LogP contribution < -0.4 is 0 Å². The van der Waals surface area contributed by atoms with Gasteiger partial charge in [0.15, 0.2) is 6.61 Å². The van der Waals surface area contributed by atoms with Crippen LogP contribution in [0.3, 0.4) is 0 Å². The highest BCUT2D eigenvalue weighted by Gasteiger charge is 2.29. The first-order valence-corrected chi connectivity index (χ1v) is 4.46.